The van der Waals surface area contributed by atoms with Crippen LogP contribution in [-0.4, -0.2) is 17.4 Å². The lowest BCUT2D eigenvalue weighted by Gasteiger charge is -2.25. The average Bonchev–Trinajstić information content (AvgIpc) is 2.26. The highest BCUT2D eigenvalue weighted by molar-refractivity contribution is 6.29. The van der Waals surface area contributed by atoms with Crippen LogP contribution in [0.25, 0.3) is 0 Å². The van der Waals surface area contributed by atoms with E-state index in [0.717, 1.165) is 25.1 Å². The maximum Gasteiger partial charge on any atom is 0.251 e. The Morgan fingerprint density at radius 2 is 2.28 bits per heavy atom. The summed E-state index contributed by atoms with van der Waals surface area (Å²) in [4.78, 5) is 16.2. The molecule has 1 N–H and O–H groups in total. The van der Waals surface area contributed by atoms with E-state index >= 15 is 0 Å². The van der Waals surface area contributed by atoms with Crippen molar-refractivity contribution in [3.63, 3.8) is 0 Å². The summed E-state index contributed by atoms with van der Waals surface area (Å²) in [5.41, 5.74) is 1.51. The Morgan fingerprint density at radius 3 is 2.89 bits per heavy atom. The first-order valence-corrected chi connectivity index (χ1v) is 7.01. The van der Waals surface area contributed by atoms with Crippen molar-refractivity contribution in [3.05, 3.63) is 28.5 Å². The van der Waals surface area contributed by atoms with Gasteiger partial charge in [0.2, 0.25) is 0 Å². The largest absolute Gasteiger partial charge is 0.352 e. The van der Waals surface area contributed by atoms with Crippen LogP contribution in [0, 0.1) is 5.92 Å². The number of hydrogen-bond donors (Lipinski definition) is 1. The van der Waals surface area contributed by atoms with Crippen molar-refractivity contribution in [2.75, 3.05) is 6.54 Å². The summed E-state index contributed by atoms with van der Waals surface area (Å²) >= 11 is 5.94. The fourth-order valence-corrected chi connectivity index (χ4v) is 2.33. The van der Waals surface area contributed by atoms with Gasteiger partial charge in [-0.25, -0.2) is 4.98 Å². The molecule has 0 bridgehead atoms. The van der Waals surface area contributed by atoms with Crippen molar-refractivity contribution >= 4 is 17.5 Å². The molecule has 1 aliphatic rings. The summed E-state index contributed by atoms with van der Waals surface area (Å²) < 4.78 is 0. The Bertz CT molecular complexity index is 430. The number of nitrogens with zero attached hydrogens (tertiary/aromatic N) is 1. The van der Waals surface area contributed by atoms with Crippen LogP contribution in [0.2, 0.25) is 5.15 Å². The van der Waals surface area contributed by atoms with Gasteiger partial charge >= 0.3 is 0 Å². The Labute approximate surface area is 113 Å². The van der Waals surface area contributed by atoms with Crippen LogP contribution in [0.5, 0.6) is 0 Å². The van der Waals surface area contributed by atoms with E-state index in [1.165, 1.54) is 19.3 Å². The molecule has 0 atom stereocenters. The molecule has 1 heterocycles. The molecule has 0 spiro atoms. The van der Waals surface area contributed by atoms with E-state index in [1.54, 1.807) is 6.07 Å². The smallest absolute Gasteiger partial charge is 0.251 e. The molecule has 1 aromatic rings. The predicted molar refractivity (Wildman–Crippen MR) is 72.9 cm³/mol. The van der Waals surface area contributed by atoms with Gasteiger partial charge in [-0.2, -0.15) is 0 Å². The third kappa shape index (κ3) is 3.45. The fourth-order valence-electron chi connectivity index (χ4n) is 2.10. The van der Waals surface area contributed by atoms with Gasteiger partial charge in [-0.05, 0) is 37.3 Å². The van der Waals surface area contributed by atoms with E-state index in [1.807, 2.05) is 6.07 Å². The van der Waals surface area contributed by atoms with Gasteiger partial charge in [0.25, 0.3) is 5.91 Å². The zero-order chi connectivity index (χ0) is 13.0. The van der Waals surface area contributed by atoms with E-state index in [0.29, 0.717) is 16.6 Å². The highest BCUT2D eigenvalue weighted by Gasteiger charge is 2.18. The molecule has 3 nitrogen and oxygen atoms in total. The first-order valence-electron chi connectivity index (χ1n) is 6.63. The van der Waals surface area contributed by atoms with Gasteiger partial charge in [0.15, 0.2) is 0 Å². The van der Waals surface area contributed by atoms with Crippen molar-refractivity contribution in [2.24, 2.45) is 5.92 Å². The molecular weight excluding hydrogens is 248 g/mol. The number of hydrogen-bond acceptors (Lipinski definition) is 2. The van der Waals surface area contributed by atoms with E-state index in [-0.39, 0.29) is 5.91 Å². The summed E-state index contributed by atoms with van der Waals surface area (Å²) in [7, 11) is 0. The van der Waals surface area contributed by atoms with Crippen LogP contribution in [0.4, 0.5) is 0 Å². The SMILES string of the molecule is CCCc1cc(C(=O)NCC2CCC2)cc(Cl)n1. The fraction of sp³-hybridized carbons (Fsp3) is 0.571. The number of carbonyl (C=O) groups excluding carboxylic acids is 1. The second-order valence-electron chi connectivity index (χ2n) is 4.93. The first-order chi connectivity index (χ1) is 8.69. The maximum atomic E-state index is 12.0. The van der Waals surface area contributed by atoms with Gasteiger partial charge in [0.05, 0.1) is 0 Å². The predicted octanol–water partition coefficient (Wildman–Crippen LogP) is 3.22. The van der Waals surface area contributed by atoms with Crippen molar-refractivity contribution in [2.45, 2.75) is 39.0 Å². The third-order valence-corrected chi connectivity index (χ3v) is 3.59. The zero-order valence-electron chi connectivity index (χ0n) is 10.7. The van der Waals surface area contributed by atoms with E-state index in [9.17, 15) is 4.79 Å². The molecule has 4 heteroatoms. The van der Waals surface area contributed by atoms with Gasteiger partial charge < -0.3 is 5.32 Å². The lowest BCUT2D eigenvalue weighted by Crippen LogP contribution is -2.32. The van der Waals surface area contributed by atoms with Gasteiger partial charge in [0, 0.05) is 17.8 Å². The van der Waals surface area contributed by atoms with Crippen LogP contribution in [0.3, 0.4) is 0 Å². The number of halogens is 1. The van der Waals surface area contributed by atoms with Crippen LogP contribution in [0.1, 0.15) is 48.7 Å². The highest BCUT2D eigenvalue weighted by atomic mass is 35.5. The summed E-state index contributed by atoms with van der Waals surface area (Å²) in [5.74, 6) is 0.630. The van der Waals surface area contributed by atoms with Gasteiger partial charge in [0.1, 0.15) is 5.15 Å². The minimum absolute atomic E-state index is 0.0384. The molecule has 0 saturated heterocycles. The normalized spacial score (nSPS) is 15.2. The summed E-state index contributed by atoms with van der Waals surface area (Å²) in [6, 6.07) is 3.47. The Balaban J connectivity index is 1.99. The molecule has 0 unspecified atom stereocenters. The minimum Gasteiger partial charge on any atom is -0.352 e. The molecule has 98 valence electrons. The van der Waals surface area contributed by atoms with Crippen molar-refractivity contribution in [1.29, 1.82) is 0 Å². The zero-order valence-corrected chi connectivity index (χ0v) is 11.5. The van der Waals surface area contributed by atoms with E-state index < -0.39 is 0 Å². The van der Waals surface area contributed by atoms with Gasteiger partial charge in [-0.3, -0.25) is 4.79 Å². The van der Waals surface area contributed by atoms with Crippen molar-refractivity contribution in [1.82, 2.24) is 10.3 Å². The second-order valence-corrected chi connectivity index (χ2v) is 5.31. The maximum absolute atomic E-state index is 12.0. The number of carbonyl (C=O) groups is 1. The van der Waals surface area contributed by atoms with Crippen molar-refractivity contribution < 1.29 is 4.79 Å². The van der Waals surface area contributed by atoms with Crippen LogP contribution in [-0.2, 0) is 6.42 Å². The van der Waals surface area contributed by atoms with Crippen LogP contribution in [0.15, 0.2) is 12.1 Å². The molecule has 1 saturated carbocycles. The summed E-state index contributed by atoms with van der Waals surface area (Å²) in [6.07, 6.45) is 5.61. The number of aryl methyl sites for hydroxylation is 1. The molecule has 1 aromatic heterocycles. The summed E-state index contributed by atoms with van der Waals surface area (Å²) in [5, 5.41) is 3.37. The molecule has 1 fully saturated rings. The second kappa shape index (κ2) is 6.19. The number of nitrogens with one attached hydrogen (secondary N) is 1. The third-order valence-electron chi connectivity index (χ3n) is 3.39. The topological polar surface area (TPSA) is 42.0 Å². The number of amides is 1. The standard InChI is InChI=1S/C14H19ClN2O/c1-2-4-12-7-11(8-13(15)17-12)14(18)16-9-10-5-3-6-10/h7-8,10H,2-6,9H2,1H3,(H,16,18). The molecular formula is C14H19ClN2O. The number of rotatable bonds is 5. The first kappa shape index (κ1) is 13.3. The molecule has 1 amide bonds. The van der Waals surface area contributed by atoms with Gasteiger partial charge in [-0.15, -0.1) is 0 Å². The molecule has 1 aliphatic carbocycles. The van der Waals surface area contributed by atoms with Gasteiger partial charge in [-0.1, -0.05) is 31.4 Å². The monoisotopic (exact) mass is 266 g/mol. The molecule has 0 aromatic carbocycles. The molecule has 18 heavy (non-hydrogen) atoms. The van der Waals surface area contributed by atoms with E-state index in [2.05, 4.69) is 17.2 Å². The van der Waals surface area contributed by atoms with Crippen LogP contribution < -0.4 is 5.32 Å². The van der Waals surface area contributed by atoms with Crippen LogP contribution >= 0.6 is 11.6 Å². The molecule has 0 aliphatic heterocycles. The number of pyridine rings is 1. The average molecular weight is 267 g/mol. The molecule has 0 radical (unpaired) electrons. The molecule has 2 rings (SSSR count). The minimum atomic E-state index is -0.0384. The number of aromatic nitrogens is 1. The quantitative estimate of drug-likeness (QED) is 0.832. The highest BCUT2D eigenvalue weighted by Crippen LogP contribution is 2.25. The lowest BCUT2D eigenvalue weighted by atomic mass is 9.85. The van der Waals surface area contributed by atoms with E-state index in [4.69, 9.17) is 11.6 Å². The van der Waals surface area contributed by atoms with Crippen molar-refractivity contribution in [3.8, 4) is 0 Å². The summed E-state index contributed by atoms with van der Waals surface area (Å²) in [6.45, 7) is 2.86. The Hall–Kier alpha value is -1.09. The Kier molecular flexibility index (Phi) is 4.59. The Morgan fingerprint density at radius 1 is 1.50 bits per heavy atom. The lowest BCUT2D eigenvalue weighted by molar-refractivity contribution is 0.0939.